The summed E-state index contributed by atoms with van der Waals surface area (Å²) in [5.41, 5.74) is 3.51. The normalized spacial score (nSPS) is 30.1. The summed E-state index contributed by atoms with van der Waals surface area (Å²) in [5, 5.41) is 3.62. The number of hydrogen-bond acceptors (Lipinski definition) is 2. The highest BCUT2D eigenvalue weighted by atomic mass is 15.2. The molecule has 0 radical (unpaired) electrons. The molecule has 2 nitrogen and oxygen atoms in total. The molecule has 0 aromatic heterocycles. The second kappa shape index (κ2) is 5.77. The lowest BCUT2D eigenvalue weighted by Crippen LogP contribution is -2.49. The van der Waals surface area contributed by atoms with Gasteiger partial charge in [0.25, 0.3) is 0 Å². The number of piperidine rings is 1. The van der Waals surface area contributed by atoms with Gasteiger partial charge in [0.15, 0.2) is 0 Å². The van der Waals surface area contributed by atoms with Gasteiger partial charge in [-0.25, -0.2) is 0 Å². The molecule has 0 spiro atoms. The minimum absolute atomic E-state index is 0.475. The number of fused-ring (bicyclic) bond motifs is 1. The largest absolute Gasteiger partial charge is 0.370 e. The van der Waals surface area contributed by atoms with E-state index in [9.17, 15) is 0 Å². The van der Waals surface area contributed by atoms with Gasteiger partial charge in [-0.3, -0.25) is 0 Å². The SMILES string of the molecule is CCC1(CN2CC(C)Cc3ccccc32)CCCNC1. The molecule has 110 valence electrons. The van der Waals surface area contributed by atoms with Crippen LogP contribution in [-0.4, -0.2) is 26.2 Å². The van der Waals surface area contributed by atoms with Crippen molar-refractivity contribution in [3.8, 4) is 0 Å². The molecule has 2 atom stereocenters. The van der Waals surface area contributed by atoms with Crippen molar-refractivity contribution >= 4 is 5.69 Å². The minimum atomic E-state index is 0.475. The molecular weight excluding hydrogens is 244 g/mol. The molecule has 0 aliphatic carbocycles. The molecule has 1 aromatic rings. The van der Waals surface area contributed by atoms with Gasteiger partial charge in [0.05, 0.1) is 0 Å². The van der Waals surface area contributed by atoms with Crippen LogP contribution in [-0.2, 0) is 6.42 Å². The van der Waals surface area contributed by atoms with Crippen molar-refractivity contribution in [2.24, 2.45) is 11.3 Å². The van der Waals surface area contributed by atoms with Crippen LogP contribution in [0.25, 0.3) is 0 Å². The standard InChI is InChI=1S/C18H28N2/c1-3-18(9-6-10-19-13-18)14-20-12-15(2)11-16-7-4-5-8-17(16)20/h4-5,7-8,15,19H,3,6,9-14H2,1-2H3. The fraction of sp³-hybridized carbons (Fsp3) is 0.667. The number of nitrogens with zero attached hydrogens (tertiary/aromatic N) is 1. The van der Waals surface area contributed by atoms with E-state index in [2.05, 4.69) is 48.3 Å². The molecule has 1 N–H and O–H groups in total. The highest BCUT2D eigenvalue weighted by Gasteiger charge is 2.34. The lowest BCUT2D eigenvalue weighted by molar-refractivity contribution is 0.202. The maximum Gasteiger partial charge on any atom is 0.0399 e. The average Bonchev–Trinajstić information content (AvgIpc) is 2.48. The molecule has 1 fully saturated rings. The molecule has 2 heteroatoms. The average molecular weight is 272 g/mol. The van der Waals surface area contributed by atoms with Crippen molar-refractivity contribution in [2.75, 3.05) is 31.1 Å². The topological polar surface area (TPSA) is 15.3 Å². The van der Waals surface area contributed by atoms with E-state index in [0.717, 1.165) is 5.92 Å². The van der Waals surface area contributed by atoms with Gasteiger partial charge < -0.3 is 10.2 Å². The Balaban J connectivity index is 1.83. The third-order valence-electron chi connectivity index (χ3n) is 5.27. The van der Waals surface area contributed by atoms with Crippen LogP contribution in [0.15, 0.2) is 24.3 Å². The van der Waals surface area contributed by atoms with Gasteiger partial charge >= 0.3 is 0 Å². The molecule has 2 unspecified atom stereocenters. The minimum Gasteiger partial charge on any atom is -0.370 e. The summed E-state index contributed by atoms with van der Waals surface area (Å²) in [6, 6.07) is 9.02. The van der Waals surface area contributed by atoms with Crippen molar-refractivity contribution in [2.45, 2.75) is 39.5 Å². The predicted molar refractivity (Wildman–Crippen MR) is 86.4 cm³/mol. The number of hydrogen-bond donors (Lipinski definition) is 1. The van der Waals surface area contributed by atoms with Crippen LogP contribution in [0.1, 0.15) is 38.7 Å². The van der Waals surface area contributed by atoms with Crippen molar-refractivity contribution in [1.82, 2.24) is 5.32 Å². The van der Waals surface area contributed by atoms with E-state index in [4.69, 9.17) is 0 Å². The van der Waals surface area contributed by atoms with Gasteiger partial charge in [-0.15, -0.1) is 0 Å². The third kappa shape index (κ3) is 2.71. The van der Waals surface area contributed by atoms with E-state index < -0.39 is 0 Å². The molecule has 20 heavy (non-hydrogen) atoms. The Bertz CT molecular complexity index is 448. The summed E-state index contributed by atoms with van der Waals surface area (Å²) >= 11 is 0. The molecule has 2 aliphatic heterocycles. The monoisotopic (exact) mass is 272 g/mol. The van der Waals surface area contributed by atoms with E-state index in [-0.39, 0.29) is 0 Å². The Morgan fingerprint density at radius 1 is 1.35 bits per heavy atom. The zero-order valence-electron chi connectivity index (χ0n) is 13.0. The van der Waals surface area contributed by atoms with Crippen LogP contribution in [0.4, 0.5) is 5.69 Å². The molecule has 0 amide bonds. The molecular formula is C18H28N2. The van der Waals surface area contributed by atoms with Crippen LogP contribution in [0.5, 0.6) is 0 Å². The fourth-order valence-corrected chi connectivity index (χ4v) is 4.04. The van der Waals surface area contributed by atoms with Crippen molar-refractivity contribution in [3.05, 3.63) is 29.8 Å². The van der Waals surface area contributed by atoms with Gasteiger partial charge in [-0.1, -0.05) is 32.0 Å². The summed E-state index contributed by atoms with van der Waals surface area (Å²) in [7, 11) is 0. The first kappa shape index (κ1) is 13.9. The highest BCUT2D eigenvalue weighted by Crippen LogP contribution is 2.36. The number of nitrogens with one attached hydrogen (secondary N) is 1. The van der Waals surface area contributed by atoms with Crippen LogP contribution in [0, 0.1) is 11.3 Å². The third-order valence-corrected chi connectivity index (χ3v) is 5.27. The van der Waals surface area contributed by atoms with E-state index >= 15 is 0 Å². The molecule has 3 rings (SSSR count). The number of anilines is 1. The lowest BCUT2D eigenvalue weighted by Gasteiger charge is -2.44. The summed E-state index contributed by atoms with van der Waals surface area (Å²) < 4.78 is 0. The molecule has 2 heterocycles. The number of rotatable bonds is 3. The first-order chi connectivity index (χ1) is 9.72. The van der Waals surface area contributed by atoms with Crippen LogP contribution in [0.2, 0.25) is 0 Å². The quantitative estimate of drug-likeness (QED) is 0.906. The van der Waals surface area contributed by atoms with Gasteiger partial charge in [0, 0.05) is 30.7 Å². The van der Waals surface area contributed by atoms with Crippen molar-refractivity contribution < 1.29 is 0 Å². The Kier molecular flexibility index (Phi) is 4.02. The summed E-state index contributed by atoms with van der Waals surface area (Å²) in [6.07, 6.45) is 5.24. The van der Waals surface area contributed by atoms with Gasteiger partial charge in [-0.05, 0) is 49.8 Å². The highest BCUT2D eigenvalue weighted by molar-refractivity contribution is 5.56. The van der Waals surface area contributed by atoms with Crippen molar-refractivity contribution in [3.63, 3.8) is 0 Å². The Morgan fingerprint density at radius 3 is 2.95 bits per heavy atom. The first-order valence-corrected chi connectivity index (χ1v) is 8.26. The summed E-state index contributed by atoms with van der Waals surface area (Å²) in [4.78, 5) is 2.67. The van der Waals surface area contributed by atoms with E-state index in [0.29, 0.717) is 5.41 Å². The first-order valence-electron chi connectivity index (χ1n) is 8.26. The van der Waals surface area contributed by atoms with E-state index in [1.807, 2.05) is 0 Å². The predicted octanol–water partition coefficient (Wildman–Crippen LogP) is 3.47. The molecule has 1 aromatic carbocycles. The molecule has 0 bridgehead atoms. The van der Waals surface area contributed by atoms with Crippen molar-refractivity contribution in [1.29, 1.82) is 0 Å². The van der Waals surface area contributed by atoms with Crippen LogP contribution >= 0.6 is 0 Å². The zero-order chi connectivity index (χ0) is 14.0. The Hall–Kier alpha value is -1.02. The number of benzene rings is 1. The van der Waals surface area contributed by atoms with E-state index in [1.54, 1.807) is 5.56 Å². The van der Waals surface area contributed by atoms with Gasteiger partial charge in [0.2, 0.25) is 0 Å². The maximum absolute atomic E-state index is 3.62. The summed E-state index contributed by atoms with van der Waals surface area (Å²) in [5.74, 6) is 0.773. The number of para-hydroxylation sites is 1. The van der Waals surface area contributed by atoms with Crippen LogP contribution < -0.4 is 10.2 Å². The van der Waals surface area contributed by atoms with Gasteiger partial charge in [-0.2, -0.15) is 0 Å². The second-order valence-electron chi connectivity index (χ2n) is 6.95. The molecule has 2 aliphatic rings. The Labute approximate surface area is 123 Å². The fourth-order valence-electron chi connectivity index (χ4n) is 4.04. The molecule has 0 saturated carbocycles. The molecule has 1 saturated heterocycles. The van der Waals surface area contributed by atoms with Gasteiger partial charge in [0.1, 0.15) is 0 Å². The Morgan fingerprint density at radius 2 is 2.20 bits per heavy atom. The maximum atomic E-state index is 3.62. The van der Waals surface area contributed by atoms with Crippen LogP contribution in [0.3, 0.4) is 0 Å². The summed E-state index contributed by atoms with van der Waals surface area (Å²) in [6.45, 7) is 9.59. The zero-order valence-corrected chi connectivity index (χ0v) is 13.0. The smallest absolute Gasteiger partial charge is 0.0399 e. The van der Waals surface area contributed by atoms with E-state index in [1.165, 1.54) is 57.5 Å². The lowest BCUT2D eigenvalue weighted by atomic mass is 9.77. The second-order valence-corrected chi connectivity index (χ2v) is 6.95.